The quantitative estimate of drug-likeness (QED) is 0.539. The van der Waals surface area contributed by atoms with E-state index in [0.29, 0.717) is 5.54 Å². The third kappa shape index (κ3) is 1.66. The first-order valence-electron chi connectivity index (χ1n) is 4.77. The third-order valence-electron chi connectivity index (χ3n) is 3.34. The summed E-state index contributed by atoms with van der Waals surface area (Å²) in [6, 6.07) is 0. The molecule has 1 aliphatic heterocycles. The van der Waals surface area contributed by atoms with Crippen LogP contribution in [0.15, 0.2) is 0 Å². The SMILES string of the molecule is C.CC(C)(C)N1CCC2(CC2)C1. The Morgan fingerprint density at radius 1 is 1.08 bits per heavy atom. The Bertz CT molecular complexity index is 162. The molecular formula is C11H23N. The minimum absolute atomic E-state index is 0. The molecule has 2 aliphatic rings. The molecule has 0 radical (unpaired) electrons. The van der Waals surface area contributed by atoms with Gasteiger partial charge in [0.2, 0.25) is 0 Å². The molecule has 1 heteroatoms. The van der Waals surface area contributed by atoms with Crippen molar-refractivity contribution in [3.05, 3.63) is 0 Å². The van der Waals surface area contributed by atoms with Gasteiger partial charge < -0.3 is 0 Å². The molecule has 1 saturated carbocycles. The highest BCUT2D eigenvalue weighted by Gasteiger charge is 2.49. The molecule has 1 aliphatic carbocycles. The van der Waals surface area contributed by atoms with Gasteiger partial charge in [-0.25, -0.2) is 0 Å². The lowest BCUT2D eigenvalue weighted by molar-refractivity contribution is 0.166. The van der Waals surface area contributed by atoms with Crippen LogP contribution in [0.2, 0.25) is 0 Å². The lowest BCUT2D eigenvalue weighted by Gasteiger charge is -2.31. The molecule has 1 saturated heterocycles. The molecule has 12 heavy (non-hydrogen) atoms. The molecular weight excluding hydrogens is 146 g/mol. The second-order valence-electron chi connectivity index (χ2n) is 5.34. The molecule has 0 unspecified atom stereocenters. The average molecular weight is 169 g/mol. The molecule has 2 rings (SSSR count). The fourth-order valence-corrected chi connectivity index (χ4v) is 2.09. The summed E-state index contributed by atoms with van der Waals surface area (Å²) in [6.45, 7) is 9.69. The Kier molecular flexibility index (Phi) is 2.28. The summed E-state index contributed by atoms with van der Waals surface area (Å²) < 4.78 is 0. The second-order valence-corrected chi connectivity index (χ2v) is 5.34. The Hall–Kier alpha value is -0.0400. The first kappa shape index (κ1) is 10.0. The largest absolute Gasteiger partial charge is 0.298 e. The predicted octanol–water partition coefficient (Wildman–Crippen LogP) is 2.91. The predicted molar refractivity (Wildman–Crippen MR) is 54.3 cm³/mol. The maximum atomic E-state index is 2.64. The van der Waals surface area contributed by atoms with E-state index in [-0.39, 0.29) is 7.43 Å². The molecule has 1 heterocycles. The normalized spacial score (nSPS) is 27.2. The smallest absolute Gasteiger partial charge is 0.0125 e. The van der Waals surface area contributed by atoms with E-state index < -0.39 is 0 Å². The van der Waals surface area contributed by atoms with Gasteiger partial charge in [0.25, 0.3) is 0 Å². The lowest BCUT2D eigenvalue weighted by Crippen LogP contribution is -2.39. The zero-order chi connectivity index (χ0) is 8.11. The van der Waals surface area contributed by atoms with Gasteiger partial charge in [0.1, 0.15) is 0 Å². The van der Waals surface area contributed by atoms with E-state index in [1.165, 1.54) is 32.4 Å². The van der Waals surface area contributed by atoms with Crippen molar-refractivity contribution in [1.82, 2.24) is 4.90 Å². The van der Waals surface area contributed by atoms with Crippen molar-refractivity contribution >= 4 is 0 Å². The van der Waals surface area contributed by atoms with Gasteiger partial charge >= 0.3 is 0 Å². The van der Waals surface area contributed by atoms with Gasteiger partial charge in [-0.15, -0.1) is 0 Å². The summed E-state index contributed by atoms with van der Waals surface area (Å²) >= 11 is 0. The number of likely N-dealkylation sites (tertiary alicyclic amines) is 1. The number of rotatable bonds is 0. The molecule has 1 nitrogen and oxygen atoms in total. The van der Waals surface area contributed by atoms with Gasteiger partial charge in [0.15, 0.2) is 0 Å². The summed E-state index contributed by atoms with van der Waals surface area (Å²) in [5, 5.41) is 0. The summed E-state index contributed by atoms with van der Waals surface area (Å²) in [6.07, 6.45) is 4.46. The molecule has 0 bridgehead atoms. The summed E-state index contributed by atoms with van der Waals surface area (Å²) in [4.78, 5) is 2.64. The maximum Gasteiger partial charge on any atom is 0.0125 e. The van der Waals surface area contributed by atoms with Gasteiger partial charge in [0, 0.05) is 12.1 Å². The van der Waals surface area contributed by atoms with Crippen molar-refractivity contribution in [3.8, 4) is 0 Å². The van der Waals surface area contributed by atoms with Crippen LogP contribution in [-0.4, -0.2) is 23.5 Å². The topological polar surface area (TPSA) is 3.24 Å². The highest BCUT2D eigenvalue weighted by molar-refractivity contribution is 5.02. The lowest BCUT2D eigenvalue weighted by atomic mass is 10.1. The van der Waals surface area contributed by atoms with E-state index in [1.807, 2.05) is 0 Å². The summed E-state index contributed by atoms with van der Waals surface area (Å²) in [5.41, 5.74) is 1.21. The summed E-state index contributed by atoms with van der Waals surface area (Å²) in [5.74, 6) is 0. The first-order chi connectivity index (χ1) is 5.02. The minimum Gasteiger partial charge on any atom is -0.298 e. The van der Waals surface area contributed by atoms with E-state index in [0.717, 1.165) is 5.41 Å². The van der Waals surface area contributed by atoms with Gasteiger partial charge in [-0.05, 0) is 52.0 Å². The molecule has 72 valence electrons. The van der Waals surface area contributed by atoms with Crippen LogP contribution in [0, 0.1) is 5.41 Å². The van der Waals surface area contributed by atoms with Crippen molar-refractivity contribution in [2.24, 2.45) is 5.41 Å². The van der Waals surface area contributed by atoms with E-state index in [1.54, 1.807) is 0 Å². The van der Waals surface area contributed by atoms with Gasteiger partial charge in [-0.3, -0.25) is 4.90 Å². The van der Waals surface area contributed by atoms with Crippen molar-refractivity contribution in [2.75, 3.05) is 13.1 Å². The highest BCUT2D eigenvalue weighted by atomic mass is 15.2. The Labute approximate surface area is 77.1 Å². The standard InChI is InChI=1S/C10H19N.CH4/c1-9(2,3)11-7-6-10(8-11)4-5-10;/h4-8H2,1-3H3;1H4. The molecule has 0 atom stereocenters. The van der Waals surface area contributed by atoms with Crippen LogP contribution in [0.3, 0.4) is 0 Å². The molecule has 0 aromatic rings. The van der Waals surface area contributed by atoms with Gasteiger partial charge in [-0.2, -0.15) is 0 Å². The zero-order valence-electron chi connectivity index (χ0n) is 7.98. The third-order valence-corrected chi connectivity index (χ3v) is 3.34. The van der Waals surface area contributed by atoms with Crippen molar-refractivity contribution in [2.45, 2.75) is 53.0 Å². The molecule has 0 aromatic carbocycles. The van der Waals surface area contributed by atoms with Crippen molar-refractivity contribution < 1.29 is 0 Å². The fourth-order valence-electron chi connectivity index (χ4n) is 2.09. The zero-order valence-corrected chi connectivity index (χ0v) is 7.98. The number of nitrogens with zero attached hydrogens (tertiary/aromatic N) is 1. The number of hydrogen-bond donors (Lipinski definition) is 0. The molecule has 0 amide bonds. The van der Waals surface area contributed by atoms with Crippen LogP contribution >= 0.6 is 0 Å². The van der Waals surface area contributed by atoms with E-state index >= 15 is 0 Å². The Balaban J connectivity index is 0.000000720. The molecule has 1 spiro atoms. The highest BCUT2D eigenvalue weighted by Crippen LogP contribution is 2.53. The van der Waals surface area contributed by atoms with Crippen LogP contribution < -0.4 is 0 Å². The van der Waals surface area contributed by atoms with Crippen LogP contribution in [0.1, 0.15) is 47.5 Å². The maximum absolute atomic E-state index is 2.64. The van der Waals surface area contributed by atoms with Gasteiger partial charge in [0.05, 0.1) is 0 Å². The second kappa shape index (κ2) is 2.73. The van der Waals surface area contributed by atoms with Crippen LogP contribution in [0.25, 0.3) is 0 Å². The Morgan fingerprint density at radius 2 is 1.67 bits per heavy atom. The monoisotopic (exact) mass is 169 g/mol. The minimum atomic E-state index is 0. The van der Waals surface area contributed by atoms with Crippen LogP contribution in [0.4, 0.5) is 0 Å². The van der Waals surface area contributed by atoms with E-state index in [2.05, 4.69) is 25.7 Å². The van der Waals surface area contributed by atoms with Crippen molar-refractivity contribution in [1.29, 1.82) is 0 Å². The van der Waals surface area contributed by atoms with Gasteiger partial charge in [-0.1, -0.05) is 7.43 Å². The van der Waals surface area contributed by atoms with E-state index in [4.69, 9.17) is 0 Å². The Morgan fingerprint density at radius 3 is 1.92 bits per heavy atom. The molecule has 0 aromatic heterocycles. The average Bonchev–Trinajstić information content (AvgIpc) is 2.38. The number of hydrogen-bond acceptors (Lipinski definition) is 1. The van der Waals surface area contributed by atoms with Crippen LogP contribution in [-0.2, 0) is 0 Å². The van der Waals surface area contributed by atoms with Crippen LogP contribution in [0.5, 0.6) is 0 Å². The fraction of sp³-hybridized carbons (Fsp3) is 1.00. The first-order valence-corrected chi connectivity index (χ1v) is 4.77. The molecule has 0 N–H and O–H groups in total. The van der Waals surface area contributed by atoms with E-state index in [9.17, 15) is 0 Å². The summed E-state index contributed by atoms with van der Waals surface area (Å²) in [7, 11) is 0. The van der Waals surface area contributed by atoms with Crippen molar-refractivity contribution in [3.63, 3.8) is 0 Å². The molecule has 2 fully saturated rings.